The molecule has 1 aliphatic rings. The number of rotatable bonds is 2. The molecule has 18 heavy (non-hydrogen) atoms. The fraction of sp³-hybridized carbons (Fsp3) is 0.533. The lowest BCUT2D eigenvalue weighted by Crippen LogP contribution is -2.38. The molecule has 0 bridgehead atoms. The molecule has 0 saturated carbocycles. The average molecular weight is 247 g/mol. The van der Waals surface area contributed by atoms with E-state index >= 15 is 0 Å². The number of carbonyl (C=O) groups is 1. The smallest absolute Gasteiger partial charge is 0.308 e. The molecule has 98 valence electrons. The van der Waals surface area contributed by atoms with Crippen molar-refractivity contribution in [2.45, 2.75) is 39.7 Å². The highest BCUT2D eigenvalue weighted by atomic mass is 16.4. The Labute approximate surface area is 108 Å². The standard InChI is InChI=1S/C15H21NO2/c1-10-5-6-13(7-11(10)2)16-9-12(14(17)18)8-15(16,3)4/h5-7,12H,8-9H2,1-4H3,(H,17,18). The van der Waals surface area contributed by atoms with Crippen molar-refractivity contribution in [3.8, 4) is 0 Å². The van der Waals surface area contributed by atoms with Gasteiger partial charge in [0.25, 0.3) is 0 Å². The summed E-state index contributed by atoms with van der Waals surface area (Å²) in [5, 5.41) is 9.18. The predicted molar refractivity (Wildman–Crippen MR) is 73.1 cm³/mol. The quantitative estimate of drug-likeness (QED) is 0.873. The third-order valence-electron chi connectivity index (χ3n) is 4.03. The van der Waals surface area contributed by atoms with Gasteiger partial charge < -0.3 is 10.0 Å². The van der Waals surface area contributed by atoms with Crippen molar-refractivity contribution in [3.63, 3.8) is 0 Å². The fourth-order valence-corrected chi connectivity index (χ4v) is 2.76. The van der Waals surface area contributed by atoms with E-state index in [0.29, 0.717) is 13.0 Å². The highest BCUT2D eigenvalue weighted by Crippen LogP contribution is 2.37. The number of anilines is 1. The average Bonchev–Trinajstić information content (AvgIpc) is 2.59. The number of aliphatic carboxylic acids is 1. The molecule has 1 aliphatic heterocycles. The second kappa shape index (κ2) is 4.30. The number of aryl methyl sites for hydroxylation is 2. The lowest BCUT2D eigenvalue weighted by Gasteiger charge is -2.33. The lowest BCUT2D eigenvalue weighted by atomic mass is 9.96. The van der Waals surface area contributed by atoms with Crippen molar-refractivity contribution >= 4 is 11.7 Å². The fourth-order valence-electron chi connectivity index (χ4n) is 2.76. The van der Waals surface area contributed by atoms with E-state index in [4.69, 9.17) is 0 Å². The van der Waals surface area contributed by atoms with E-state index in [2.05, 4.69) is 50.8 Å². The van der Waals surface area contributed by atoms with Crippen LogP contribution in [0, 0.1) is 19.8 Å². The molecule has 1 aromatic rings. The topological polar surface area (TPSA) is 40.5 Å². The van der Waals surface area contributed by atoms with Gasteiger partial charge in [-0.3, -0.25) is 4.79 Å². The van der Waals surface area contributed by atoms with E-state index < -0.39 is 5.97 Å². The minimum absolute atomic E-state index is 0.0925. The highest BCUT2D eigenvalue weighted by molar-refractivity contribution is 5.73. The molecule has 0 amide bonds. The molecule has 1 atom stereocenters. The van der Waals surface area contributed by atoms with Gasteiger partial charge in [-0.15, -0.1) is 0 Å². The third kappa shape index (κ3) is 2.22. The highest BCUT2D eigenvalue weighted by Gasteiger charge is 2.41. The maximum atomic E-state index is 11.2. The molecule has 1 fully saturated rings. The number of nitrogens with zero attached hydrogens (tertiary/aromatic N) is 1. The number of carboxylic acid groups (broad SMARTS) is 1. The molecule has 1 heterocycles. The third-order valence-corrected chi connectivity index (χ3v) is 4.03. The molecule has 0 aromatic heterocycles. The van der Waals surface area contributed by atoms with Gasteiger partial charge in [0.05, 0.1) is 5.92 Å². The zero-order valence-corrected chi connectivity index (χ0v) is 11.5. The van der Waals surface area contributed by atoms with E-state index in [0.717, 1.165) is 5.69 Å². The molecule has 3 nitrogen and oxygen atoms in total. The van der Waals surface area contributed by atoms with Crippen LogP contribution in [0.4, 0.5) is 5.69 Å². The van der Waals surface area contributed by atoms with Gasteiger partial charge in [0.1, 0.15) is 0 Å². The molecule has 0 spiro atoms. The minimum atomic E-state index is -0.686. The summed E-state index contributed by atoms with van der Waals surface area (Å²) in [6.45, 7) is 9.02. The monoisotopic (exact) mass is 247 g/mol. The normalized spacial score (nSPS) is 22.2. The summed E-state index contributed by atoms with van der Waals surface area (Å²) in [5.41, 5.74) is 3.56. The van der Waals surface area contributed by atoms with Gasteiger partial charge >= 0.3 is 5.97 Å². The van der Waals surface area contributed by atoms with Crippen LogP contribution in [-0.2, 0) is 4.79 Å². The van der Waals surface area contributed by atoms with E-state index in [1.807, 2.05) is 0 Å². The van der Waals surface area contributed by atoms with Crippen LogP contribution in [0.3, 0.4) is 0 Å². The number of benzene rings is 1. The summed E-state index contributed by atoms with van der Waals surface area (Å²) in [4.78, 5) is 13.4. The first-order valence-electron chi connectivity index (χ1n) is 6.39. The molecular weight excluding hydrogens is 226 g/mol. The maximum absolute atomic E-state index is 11.2. The molecule has 3 heteroatoms. The summed E-state index contributed by atoms with van der Waals surface area (Å²) < 4.78 is 0. The molecule has 2 rings (SSSR count). The largest absolute Gasteiger partial charge is 0.481 e. The number of hydrogen-bond donors (Lipinski definition) is 1. The Bertz CT molecular complexity index is 479. The minimum Gasteiger partial charge on any atom is -0.481 e. The predicted octanol–water partition coefficient (Wildman–Crippen LogP) is 2.99. The molecule has 0 radical (unpaired) electrons. The Hall–Kier alpha value is -1.51. The van der Waals surface area contributed by atoms with Crippen molar-refractivity contribution in [2.24, 2.45) is 5.92 Å². The zero-order chi connectivity index (χ0) is 13.5. The van der Waals surface area contributed by atoms with Crippen LogP contribution in [0.15, 0.2) is 18.2 Å². The van der Waals surface area contributed by atoms with Gasteiger partial charge in [0, 0.05) is 17.8 Å². The van der Waals surface area contributed by atoms with Crippen LogP contribution in [0.25, 0.3) is 0 Å². The van der Waals surface area contributed by atoms with Gasteiger partial charge in [-0.05, 0) is 57.4 Å². The first kappa shape index (κ1) is 12.9. The summed E-state index contributed by atoms with van der Waals surface area (Å²) in [6, 6.07) is 6.35. The van der Waals surface area contributed by atoms with Crippen LogP contribution in [0.5, 0.6) is 0 Å². The van der Waals surface area contributed by atoms with E-state index in [9.17, 15) is 9.90 Å². The summed E-state index contributed by atoms with van der Waals surface area (Å²) in [7, 11) is 0. The molecule has 0 aliphatic carbocycles. The Morgan fingerprint density at radius 1 is 1.33 bits per heavy atom. The van der Waals surface area contributed by atoms with Crippen molar-refractivity contribution in [1.29, 1.82) is 0 Å². The number of hydrogen-bond acceptors (Lipinski definition) is 2. The maximum Gasteiger partial charge on any atom is 0.308 e. The van der Waals surface area contributed by atoms with Gasteiger partial charge in [-0.1, -0.05) is 6.07 Å². The van der Waals surface area contributed by atoms with E-state index in [-0.39, 0.29) is 11.5 Å². The summed E-state index contributed by atoms with van der Waals surface area (Å²) in [6.07, 6.45) is 0.704. The zero-order valence-electron chi connectivity index (χ0n) is 11.5. The van der Waals surface area contributed by atoms with Crippen LogP contribution in [-0.4, -0.2) is 23.2 Å². The summed E-state index contributed by atoms with van der Waals surface area (Å²) >= 11 is 0. The van der Waals surface area contributed by atoms with Crippen molar-refractivity contribution in [3.05, 3.63) is 29.3 Å². The lowest BCUT2D eigenvalue weighted by molar-refractivity contribution is -0.141. The Morgan fingerprint density at radius 2 is 2.00 bits per heavy atom. The Kier molecular flexibility index (Phi) is 3.09. The first-order chi connectivity index (χ1) is 8.31. The van der Waals surface area contributed by atoms with Crippen LogP contribution >= 0.6 is 0 Å². The SMILES string of the molecule is Cc1ccc(N2CC(C(=O)O)CC2(C)C)cc1C. The molecular formula is C15H21NO2. The molecule has 1 saturated heterocycles. The van der Waals surface area contributed by atoms with E-state index in [1.165, 1.54) is 11.1 Å². The number of carboxylic acids is 1. The van der Waals surface area contributed by atoms with Gasteiger partial charge in [-0.25, -0.2) is 0 Å². The summed E-state index contributed by atoms with van der Waals surface area (Å²) in [5.74, 6) is -0.948. The Morgan fingerprint density at radius 3 is 2.50 bits per heavy atom. The molecule has 1 unspecified atom stereocenters. The second-order valence-corrected chi connectivity index (χ2v) is 5.93. The molecule has 1 N–H and O–H groups in total. The van der Waals surface area contributed by atoms with Gasteiger partial charge in [-0.2, -0.15) is 0 Å². The van der Waals surface area contributed by atoms with Crippen LogP contribution in [0.2, 0.25) is 0 Å². The van der Waals surface area contributed by atoms with Gasteiger partial charge in [0.2, 0.25) is 0 Å². The molecule has 1 aromatic carbocycles. The van der Waals surface area contributed by atoms with Crippen molar-refractivity contribution in [1.82, 2.24) is 0 Å². The van der Waals surface area contributed by atoms with Crippen LogP contribution < -0.4 is 4.90 Å². The van der Waals surface area contributed by atoms with E-state index in [1.54, 1.807) is 0 Å². The van der Waals surface area contributed by atoms with Gasteiger partial charge in [0.15, 0.2) is 0 Å². The second-order valence-electron chi connectivity index (χ2n) is 5.93. The van der Waals surface area contributed by atoms with Crippen molar-refractivity contribution < 1.29 is 9.90 Å². The van der Waals surface area contributed by atoms with Crippen molar-refractivity contribution in [2.75, 3.05) is 11.4 Å². The Balaban J connectivity index is 2.32. The van der Waals surface area contributed by atoms with Crippen LogP contribution in [0.1, 0.15) is 31.4 Å². The first-order valence-corrected chi connectivity index (χ1v) is 6.39.